The van der Waals surface area contributed by atoms with E-state index in [-0.39, 0.29) is 45.6 Å². The number of amides is 2. The lowest BCUT2D eigenvalue weighted by Gasteiger charge is -2.35. The number of primary amides is 1. The first kappa shape index (κ1) is 26.1. The summed E-state index contributed by atoms with van der Waals surface area (Å²) in [6, 6.07) is 4.30. The second-order valence-corrected chi connectivity index (χ2v) is 9.05. The number of piperazine rings is 1. The van der Waals surface area contributed by atoms with Crippen LogP contribution in [0, 0.1) is 18.6 Å². The van der Waals surface area contributed by atoms with Gasteiger partial charge in [-0.2, -0.15) is 0 Å². The van der Waals surface area contributed by atoms with Crippen LogP contribution in [-0.4, -0.2) is 71.5 Å². The van der Waals surface area contributed by atoms with Gasteiger partial charge < -0.3 is 31.9 Å². The lowest BCUT2D eigenvalue weighted by Crippen LogP contribution is -2.44. The predicted molar refractivity (Wildman–Crippen MR) is 137 cm³/mol. The second kappa shape index (κ2) is 10.6. The average Bonchev–Trinajstić information content (AvgIpc) is 3.34. The Hall–Kier alpha value is -3.97. The van der Waals surface area contributed by atoms with Gasteiger partial charge in [-0.15, -0.1) is 5.10 Å². The molecule has 2 heterocycles. The summed E-state index contributed by atoms with van der Waals surface area (Å²) in [5.74, 6) is -2.65. The Balaban J connectivity index is 1.74. The molecule has 1 aliphatic heterocycles. The number of hydrogen-bond acceptors (Lipinski definition) is 8. The highest BCUT2D eigenvalue weighted by molar-refractivity contribution is 6.35. The molecule has 0 saturated carbocycles. The van der Waals surface area contributed by atoms with Gasteiger partial charge in [0.15, 0.2) is 17.5 Å². The first-order valence-electron chi connectivity index (χ1n) is 11.3. The number of nitrogens with two attached hydrogens (primary N) is 2. The van der Waals surface area contributed by atoms with Crippen LogP contribution in [0.1, 0.15) is 15.9 Å². The van der Waals surface area contributed by atoms with Gasteiger partial charge in [0.1, 0.15) is 11.4 Å². The van der Waals surface area contributed by atoms with E-state index in [0.717, 1.165) is 23.8 Å². The van der Waals surface area contributed by atoms with Gasteiger partial charge in [0.25, 0.3) is 5.91 Å². The minimum absolute atomic E-state index is 0.00583. The van der Waals surface area contributed by atoms with E-state index in [1.54, 1.807) is 6.07 Å². The molecule has 2 amide bonds. The molecule has 0 unspecified atom stereocenters. The molecule has 4 rings (SSSR count). The molecule has 0 bridgehead atoms. The summed E-state index contributed by atoms with van der Waals surface area (Å²) in [4.78, 5) is 28.3. The largest absolute Gasteiger partial charge is 0.396 e. The summed E-state index contributed by atoms with van der Waals surface area (Å²) in [7, 11) is 1.99. The third kappa shape index (κ3) is 5.42. The van der Waals surface area contributed by atoms with Crippen LogP contribution in [0.4, 0.5) is 31.7 Å². The summed E-state index contributed by atoms with van der Waals surface area (Å²) in [6.07, 6.45) is 1.38. The number of nitrogen functional groups attached to an aromatic ring is 1. The molecule has 0 radical (unpaired) electrons. The van der Waals surface area contributed by atoms with Crippen LogP contribution in [0.25, 0.3) is 5.69 Å². The maximum atomic E-state index is 16.0. The van der Waals surface area contributed by atoms with Crippen molar-refractivity contribution in [1.82, 2.24) is 19.9 Å². The number of hydrogen-bond donors (Lipinski definition) is 4. The summed E-state index contributed by atoms with van der Waals surface area (Å²) >= 11 is 6.23. The van der Waals surface area contributed by atoms with Gasteiger partial charge in [0.2, 0.25) is 5.91 Å². The number of benzene rings is 2. The molecule has 1 fully saturated rings. The van der Waals surface area contributed by atoms with Gasteiger partial charge in [-0.3, -0.25) is 9.59 Å². The van der Waals surface area contributed by atoms with E-state index in [1.165, 1.54) is 19.2 Å². The molecule has 0 spiro atoms. The number of aromatic nitrogens is 3. The van der Waals surface area contributed by atoms with E-state index in [4.69, 9.17) is 23.1 Å². The number of nitrogens with zero attached hydrogens (tertiary/aromatic N) is 5. The molecular formula is C23H26ClF2N9O2. The molecule has 3 aromatic rings. The summed E-state index contributed by atoms with van der Waals surface area (Å²) in [6.45, 7) is 3.92. The maximum Gasteiger partial charge on any atom is 0.257 e. The van der Waals surface area contributed by atoms with Gasteiger partial charge in [-0.1, -0.05) is 16.8 Å². The van der Waals surface area contributed by atoms with Crippen LogP contribution in [0.15, 0.2) is 24.4 Å². The highest BCUT2D eigenvalue weighted by atomic mass is 35.5. The van der Waals surface area contributed by atoms with Crippen molar-refractivity contribution in [2.24, 2.45) is 5.73 Å². The van der Waals surface area contributed by atoms with Crippen LogP contribution < -0.4 is 27.0 Å². The van der Waals surface area contributed by atoms with Crippen LogP contribution in [0.3, 0.4) is 0 Å². The molecule has 1 aromatic heterocycles. The molecule has 0 atom stereocenters. The van der Waals surface area contributed by atoms with Crippen molar-refractivity contribution in [3.05, 3.63) is 52.2 Å². The summed E-state index contributed by atoms with van der Waals surface area (Å²) in [5.41, 5.74) is 10.8. The minimum atomic E-state index is -0.779. The van der Waals surface area contributed by atoms with E-state index < -0.39 is 23.4 Å². The third-order valence-electron chi connectivity index (χ3n) is 6.06. The van der Waals surface area contributed by atoms with Gasteiger partial charge >= 0.3 is 0 Å². The fourth-order valence-electron chi connectivity index (χ4n) is 3.95. The number of carbonyl (C=O) groups is 2. The summed E-state index contributed by atoms with van der Waals surface area (Å²) < 4.78 is 31.3. The molecule has 2 aromatic carbocycles. The number of rotatable bonds is 7. The summed E-state index contributed by atoms with van der Waals surface area (Å²) in [5, 5.41) is 12.9. The van der Waals surface area contributed by atoms with Gasteiger partial charge in [-0.25, -0.2) is 13.5 Å². The number of anilines is 4. The van der Waals surface area contributed by atoms with E-state index in [2.05, 4.69) is 25.8 Å². The van der Waals surface area contributed by atoms with E-state index in [1.807, 2.05) is 11.9 Å². The van der Waals surface area contributed by atoms with Crippen LogP contribution in [0.5, 0.6) is 0 Å². The SMILES string of the molecule is Cc1c(F)c(N)cc(C(=O)Nc2c(N3CCN(C)CC3)ccc(-n3cc(NCC(N)=O)nn3)c2F)c1Cl. The van der Waals surface area contributed by atoms with Crippen molar-refractivity contribution in [3.63, 3.8) is 0 Å². The number of likely N-dealkylation sites (N-methyl/N-ethyl adjacent to an activating group) is 1. The maximum absolute atomic E-state index is 16.0. The molecule has 6 N–H and O–H groups in total. The Kier molecular flexibility index (Phi) is 7.45. The molecule has 37 heavy (non-hydrogen) atoms. The smallest absolute Gasteiger partial charge is 0.257 e. The van der Waals surface area contributed by atoms with Gasteiger partial charge in [0.05, 0.1) is 34.7 Å². The highest BCUT2D eigenvalue weighted by Crippen LogP contribution is 2.35. The van der Waals surface area contributed by atoms with Crippen molar-refractivity contribution in [2.45, 2.75) is 6.92 Å². The molecule has 196 valence electrons. The highest BCUT2D eigenvalue weighted by Gasteiger charge is 2.25. The standard InChI is InChI=1S/C23H26ClF2N9O2/c1-12-19(24)13(9-14(27)20(12)25)23(37)30-22-16(34-7-5-33(2)6-8-34)4-3-15(21(22)26)35-11-18(31-32-35)29-10-17(28)36/h3-4,9,11,29H,5-8,10,27H2,1-2H3,(H2,28,36)(H,30,37). The fourth-order valence-corrected chi connectivity index (χ4v) is 4.17. The quantitative estimate of drug-likeness (QED) is 0.337. The monoisotopic (exact) mass is 533 g/mol. The average molecular weight is 534 g/mol. The number of nitrogens with one attached hydrogen (secondary N) is 2. The number of halogens is 3. The lowest BCUT2D eigenvalue weighted by molar-refractivity contribution is -0.116. The molecular weight excluding hydrogens is 508 g/mol. The lowest BCUT2D eigenvalue weighted by atomic mass is 10.1. The van der Waals surface area contributed by atoms with E-state index in [9.17, 15) is 14.0 Å². The molecule has 1 aliphatic rings. The Morgan fingerprint density at radius 2 is 1.81 bits per heavy atom. The van der Waals surface area contributed by atoms with Crippen LogP contribution >= 0.6 is 11.6 Å². The van der Waals surface area contributed by atoms with Crippen molar-refractivity contribution >= 4 is 46.3 Å². The van der Waals surface area contributed by atoms with Crippen molar-refractivity contribution < 1.29 is 18.4 Å². The molecule has 0 aliphatic carbocycles. The third-order valence-corrected chi connectivity index (χ3v) is 6.55. The van der Waals surface area contributed by atoms with Crippen molar-refractivity contribution in [1.29, 1.82) is 0 Å². The van der Waals surface area contributed by atoms with E-state index >= 15 is 4.39 Å². The Morgan fingerprint density at radius 1 is 1.14 bits per heavy atom. The zero-order valence-electron chi connectivity index (χ0n) is 20.2. The molecule has 14 heteroatoms. The zero-order valence-corrected chi connectivity index (χ0v) is 20.9. The van der Waals surface area contributed by atoms with Crippen LogP contribution in [-0.2, 0) is 4.79 Å². The van der Waals surface area contributed by atoms with Gasteiger partial charge in [-0.05, 0) is 32.2 Å². The number of carbonyl (C=O) groups excluding carboxylic acids is 2. The van der Waals surface area contributed by atoms with Gasteiger partial charge in [0, 0.05) is 31.7 Å². The van der Waals surface area contributed by atoms with Crippen LogP contribution in [0.2, 0.25) is 5.02 Å². The predicted octanol–water partition coefficient (Wildman–Crippen LogP) is 1.99. The molecule has 11 nitrogen and oxygen atoms in total. The first-order chi connectivity index (χ1) is 17.6. The second-order valence-electron chi connectivity index (χ2n) is 8.67. The van der Waals surface area contributed by atoms with Crippen molar-refractivity contribution in [3.8, 4) is 5.69 Å². The van der Waals surface area contributed by atoms with E-state index in [0.29, 0.717) is 18.8 Å². The minimum Gasteiger partial charge on any atom is -0.396 e. The normalized spacial score (nSPS) is 14.0. The first-order valence-corrected chi connectivity index (χ1v) is 11.7. The topological polar surface area (TPSA) is 147 Å². The zero-order chi connectivity index (χ0) is 26.9. The Bertz CT molecular complexity index is 1360. The Morgan fingerprint density at radius 3 is 2.49 bits per heavy atom. The van der Waals surface area contributed by atoms with Crippen molar-refractivity contribution in [2.75, 3.05) is 61.0 Å². The Labute approximate surface area is 216 Å². The fraction of sp³-hybridized carbons (Fsp3) is 0.304. The molecule has 1 saturated heterocycles.